The Kier molecular flexibility index (Phi) is 9.20. The molecule has 0 aliphatic carbocycles. The van der Waals surface area contributed by atoms with Crippen molar-refractivity contribution in [1.29, 1.82) is 0 Å². The van der Waals surface area contributed by atoms with E-state index >= 15 is 0 Å². The van der Waals surface area contributed by atoms with Crippen LogP contribution in [-0.2, 0) is 4.79 Å². The largest absolute Gasteiger partial charge is 0.352 e. The highest BCUT2D eigenvalue weighted by Crippen LogP contribution is 2.10. The first kappa shape index (κ1) is 21.7. The molecule has 0 spiro atoms. The van der Waals surface area contributed by atoms with Gasteiger partial charge in [0, 0.05) is 22.7 Å². The molecule has 7 heteroatoms. The monoisotopic (exact) mass is 361 g/mol. The molecule has 1 rings (SSSR count). The molecule has 1 unspecified atom stereocenters. The molecule has 0 saturated carbocycles. The maximum absolute atomic E-state index is 12.0. The lowest BCUT2D eigenvalue weighted by atomic mass is 9.94. The zero-order valence-electron chi connectivity index (χ0n) is 13.7. The standard InChI is InChI=1S/C16H24ClN3O2.ClH/c1-4-16(18,5-2)10-19-14(21)11(3)20-15(22)12-6-8-13(17)9-7-12;/h6-9,11H,4-5,10,18H2,1-3H3,(H,19,21)(H,20,22);1H. The summed E-state index contributed by atoms with van der Waals surface area (Å²) in [6.07, 6.45) is 1.55. The van der Waals surface area contributed by atoms with Crippen LogP contribution in [0.3, 0.4) is 0 Å². The van der Waals surface area contributed by atoms with Crippen LogP contribution in [0, 0.1) is 0 Å². The molecule has 0 bridgehead atoms. The highest BCUT2D eigenvalue weighted by molar-refractivity contribution is 6.30. The number of benzene rings is 1. The number of nitrogens with one attached hydrogen (secondary N) is 2. The van der Waals surface area contributed by atoms with Crippen LogP contribution in [0.25, 0.3) is 0 Å². The summed E-state index contributed by atoms with van der Waals surface area (Å²) in [4.78, 5) is 24.1. The van der Waals surface area contributed by atoms with E-state index in [1.165, 1.54) is 0 Å². The molecule has 130 valence electrons. The Morgan fingerprint density at radius 2 is 1.74 bits per heavy atom. The average Bonchev–Trinajstić information content (AvgIpc) is 2.52. The number of halogens is 2. The lowest BCUT2D eigenvalue weighted by molar-refractivity contribution is -0.122. The molecule has 0 aromatic heterocycles. The van der Waals surface area contributed by atoms with Crippen LogP contribution in [0.15, 0.2) is 24.3 Å². The normalized spacial score (nSPS) is 12.0. The highest BCUT2D eigenvalue weighted by atomic mass is 35.5. The van der Waals surface area contributed by atoms with Gasteiger partial charge in [0.1, 0.15) is 6.04 Å². The molecule has 4 N–H and O–H groups in total. The van der Waals surface area contributed by atoms with Crippen molar-refractivity contribution >= 4 is 35.8 Å². The van der Waals surface area contributed by atoms with Crippen LogP contribution in [-0.4, -0.2) is 29.9 Å². The summed E-state index contributed by atoms with van der Waals surface area (Å²) in [5.41, 5.74) is 6.19. The first-order valence-electron chi connectivity index (χ1n) is 7.44. The molecule has 5 nitrogen and oxygen atoms in total. The van der Waals surface area contributed by atoms with Gasteiger partial charge in [-0.25, -0.2) is 0 Å². The van der Waals surface area contributed by atoms with Gasteiger partial charge >= 0.3 is 0 Å². The van der Waals surface area contributed by atoms with E-state index in [9.17, 15) is 9.59 Å². The van der Waals surface area contributed by atoms with Gasteiger partial charge < -0.3 is 16.4 Å². The zero-order chi connectivity index (χ0) is 16.8. The van der Waals surface area contributed by atoms with E-state index in [0.717, 1.165) is 12.8 Å². The minimum atomic E-state index is -0.638. The van der Waals surface area contributed by atoms with Gasteiger partial charge in [-0.3, -0.25) is 9.59 Å². The molecular formula is C16H25Cl2N3O2. The minimum Gasteiger partial charge on any atom is -0.352 e. The van der Waals surface area contributed by atoms with E-state index in [1.54, 1.807) is 31.2 Å². The predicted molar refractivity (Wildman–Crippen MR) is 96.1 cm³/mol. The third kappa shape index (κ3) is 6.77. The summed E-state index contributed by atoms with van der Waals surface area (Å²) in [6.45, 7) is 6.00. The second-order valence-corrected chi connectivity index (χ2v) is 5.93. The number of hydrogen-bond donors (Lipinski definition) is 3. The first-order chi connectivity index (χ1) is 10.3. The summed E-state index contributed by atoms with van der Waals surface area (Å²) in [7, 11) is 0. The van der Waals surface area contributed by atoms with Gasteiger partial charge in [-0.1, -0.05) is 25.4 Å². The van der Waals surface area contributed by atoms with Gasteiger partial charge in [-0.2, -0.15) is 0 Å². The number of rotatable bonds is 7. The fourth-order valence-corrected chi connectivity index (χ4v) is 1.99. The molecule has 0 heterocycles. The predicted octanol–water partition coefficient (Wildman–Crippen LogP) is 2.51. The SMILES string of the molecule is CCC(N)(CC)CNC(=O)C(C)NC(=O)c1ccc(Cl)cc1.Cl. The molecule has 0 aliphatic rings. The summed E-state index contributed by atoms with van der Waals surface area (Å²) in [5, 5.41) is 6.00. The highest BCUT2D eigenvalue weighted by Gasteiger charge is 2.23. The Morgan fingerprint density at radius 1 is 1.22 bits per heavy atom. The fraction of sp³-hybridized carbons (Fsp3) is 0.500. The Hall–Kier alpha value is -1.30. The van der Waals surface area contributed by atoms with Crippen molar-refractivity contribution in [1.82, 2.24) is 10.6 Å². The van der Waals surface area contributed by atoms with Crippen LogP contribution in [0.1, 0.15) is 44.0 Å². The third-order valence-electron chi connectivity index (χ3n) is 3.87. The van der Waals surface area contributed by atoms with E-state index in [2.05, 4.69) is 10.6 Å². The van der Waals surface area contributed by atoms with Crippen molar-refractivity contribution in [2.45, 2.75) is 45.2 Å². The molecule has 1 aromatic rings. The maximum atomic E-state index is 12.0. The van der Waals surface area contributed by atoms with Crippen molar-refractivity contribution in [2.75, 3.05) is 6.54 Å². The Bertz CT molecular complexity index is 517. The van der Waals surface area contributed by atoms with Crippen LogP contribution in [0.5, 0.6) is 0 Å². The number of hydrogen-bond acceptors (Lipinski definition) is 3. The summed E-state index contributed by atoms with van der Waals surface area (Å²) < 4.78 is 0. The van der Waals surface area contributed by atoms with Crippen molar-refractivity contribution in [3.63, 3.8) is 0 Å². The smallest absolute Gasteiger partial charge is 0.251 e. The van der Waals surface area contributed by atoms with E-state index in [1.807, 2.05) is 13.8 Å². The second kappa shape index (κ2) is 9.75. The summed E-state index contributed by atoms with van der Waals surface area (Å²) in [5.74, 6) is -0.566. The Balaban J connectivity index is 0.00000484. The lowest BCUT2D eigenvalue weighted by Gasteiger charge is -2.27. The quantitative estimate of drug-likeness (QED) is 0.697. The van der Waals surface area contributed by atoms with Crippen LogP contribution in [0.4, 0.5) is 0 Å². The van der Waals surface area contributed by atoms with E-state index < -0.39 is 11.6 Å². The molecule has 2 amide bonds. The van der Waals surface area contributed by atoms with Gasteiger partial charge in [-0.05, 0) is 44.0 Å². The molecule has 1 aromatic carbocycles. The molecule has 0 aliphatic heterocycles. The molecule has 0 radical (unpaired) electrons. The van der Waals surface area contributed by atoms with Crippen molar-refractivity contribution in [2.24, 2.45) is 5.73 Å². The summed E-state index contributed by atoms with van der Waals surface area (Å²) >= 11 is 5.78. The lowest BCUT2D eigenvalue weighted by Crippen LogP contribution is -2.53. The fourth-order valence-electron chi connectivity index (χ4n) is 1.86. The van der Waals surface area contributed by atoms with Gasteiger partial charge in [0.2, 0.25) is 5.91 Å². The van der Waals surface area contributed by atoms with E-state index in [-0.39, 0.29) is 24.2 Å². The number of carbonyl (C=O) groups excluding carboxylic acids is 2. The Morgan fingerprint density at radius 3 is 2.22 bits per heavy atom. The molecule has 23 heavy (non-hydrogen) atoms. The summed E-state index contributed by atoms with van der Waals surface area (Å²) in [6, 6.07) is 5.85. The zero-order valence-corrected chi connectivity index (χ0v) is 15.3. The number of carbonyl (C=O) groups is 2. The molecule has 0 saturated heterocycles. The molecular weight excluding hydrogens is 337 g/mol. The van der Waals surface area contributed by atoms with E-state index in [0.29, 0.717) is 17.1 Å². The maximum Gasteiger partial charge on any atom is 0.251 e. The number of amides is 2. The number of nitrogens with two attached hydrogens (primary N) is 1. The van der Waals surface area contributed by atoms with Crippen LogP contribution in [0.2, 0.25) is 5.02 Å². The second-order valence-electron chi connectivity index (χ2n) is 5.49. The Labute approximate surface area is 148 Å². The molecule has 1 atom stereocenters. The first-order valence-corrected chi connectivity index (χ1v) is 7.82. The van der Waals surface area contributed by atoms with Crippen molar-refractivity contribution in [3.8, 4) is 0 Å². The third-order valence-corrected chi connectivity index (χ3v) is 4.12. The van der Waals surface area contributed by atoms with Crippen LogP contribution < -0.4 is 16.4 Å². The van der Waals surface area contributed by atoms with E-state index in [4.69, 9.17) is 17.3 Å². The topological polar surface area (TPSA) is 84.2 Å². The van der Waals surface area contributed by atoms with Crippen molar-refractivity contribution < 1.29 is 9.59 Å². The average molecular weight is 362 g/mol. The minimum absolute atomic E-state index is 0. The van der Waals surface area contributed by atoms with Crippen molar-refractivity contribution in [3.05, 3.63) is 34.9 Å². The van der Waals surface area contributed by atoms with Gasteiger partial charge in [0.25, 0.3) is 5.91 Å². The van der Waals surface area contributed by atoms with Gasteiger partial charge in [0.05, 0.1) is 0 Å². The molecule has 0 fully saturated rings. The van der Waals surface area contributed by atoms with Gasteiger partial charge in [0.15, 0.2) is 0 Å². The van der Waals surface area contributed by atoms with Crippen LogP contribution >= 0.6 is 24.0 Å². The van der Waals surface area contributed by atoms with Gasteiger partial charge in [-0.15, -0.1) is 12.4 Å².